The fourth-order valence-corrected chi connectivity index (χ4v) is 3.99. The maximum absolute atomic E-state index is 9.48. The average Bonchev–Trinajstić information content (AvgIpc) is 2.77. The molecule has 0 saturated heterocycles. The third kappa shape index (κ3) is 2.20. The van der Waals surface area contributed by atoms with E-state index >= 15 is 0 Å². The van der Waals surface area contributed by atoms with Gasteiger partial charge in [0, 0.05) is 11.5 Å². The molecule has 14 heavy (non-hydrogen) atoms. The summed E-state index contributed by atoms with van der Waals surface area (Å²) < 4.78 is 1.19. The highest BCUT2D eigenvalue weighted by Gasteiger charge is 2.33. The molecule has 1 aliphatic carbocycles. The molecule has 1 aliphatic rings. The Morgan fingerprint density at radius 3 is 2.57 bits per heavy atom. The quantitative estimate of drug-likeness (QED) is 0.893. The first-order valence-corrected chi connectivity index (χ1v) is 6.70. The van der Waals surface area contributed by atoms with Gasteiger partial charge < -0.3 is 5.11 Å². The van der Waals surface area contributed by atoms with E-state index in [2.05, 4.69) is 28.1 Å². The van der Waals surface area contributed by atoms with Crippen LogP contribution in [-0.2, 0) is 6.42 Å². The van der Waals surface area contributed by atoms with Crippen molar-refractivity contribution in [3.05, 3.63) is 20.8 Å². The zero-order chi connectivity index (χ0) is 10.0. The summed E-state index contributed by atoms with van der Waals surface area (Å²) in [5.74, 6) is 0. The second kappa shape index (κ2) is 4.33. The molecule has 0 spiro atoms. The van der Waals surface area contributed by atoms with Gasteiger partial charge in [-0.05, 0) is 52.7 Å². The van der Waals surface area contributed by atoms with Crippen LogP contribution in [0.2, 0.25) is 0 Å². The van der Waals surface area contributed by atoms with Gasteiger partial charge in [0.25, 0.3) is 0 Å². The number of rotatable bonds is 3. The average molecular weight is 275 g/mol. The van der Waals surface area contributed by atoms with Crippen molar-refractivity contribution in [2.24, 2.45) is 5.41 Å². The number of hydrogen-bond acceptors (Lipinski definition) is 2. The lowest BCUT2D eigenvalue weighted by molar-refractivity contribution is 0.131. The third-order valence-corrected chi connectivity index (χ3v) is 4.80. The van der Waals surface area contributed by atoms with Crippen LogP contribution in [0.1, 0.15) is 30.6 Å². The van der Waals surface area contributed by atoms with Gasteiger partial charge in [0.2, 0.25) is 0 Å². The number of aliphatic hydroxyl groups is 1. The van der Waals surface area contributed by atoms with E-state index in [4.69, 9.17) is 0 Å². The Labute approximate surface area is 97.3 Å². The van der Waals surface area contributed by atoms with E-state index in [0.717, 1.165) is 6.42 Å². The minimum atomic E-state index is 0.199. The molecule has 1 fully saturated rings. The van der Waals surface area contributed by atoms with Gasteiger partial charge in [-0.1, -0.05) is 12.8 Å². The van der Waals surface area contributed by atoms with Gasteiger partial charge in [0.15, 0.2) is 0 Å². The number of hydrogen-bond donors (Lipinski definition) is 1. The molecular formula is C11H15BrOS. The molecule has 1 saturated carbocycles. The molecule has 1 aromatic rings. The summed E-state index contributed by atoms with van der Waals surface area (Å²) >= 11 is 5.27. The van der Waals surface area contributed by atoms with E-state index in [1.165, 1.54) is 34.3 Å². The fourth-order valence-electron chi connectivity index (χ4n) is 2.33. The minimum absolute atomic E-state index is 0.199. The molecule has 0 atom stereocenters. The summed E-state index contributed by atoms with van der Waals surface area (Å²) in [6.45, 7) is 0.350. The van der Waals surface area contributed by atoms with Gasteiger partial charge in [-0.15, -0.1) is 11.3 Å². The SMILES string of the molecule is OCC1(Cc2ccc(Br)s2)CCCC1. The molecule has 78 valence electrons. The van der Waals surface area contributed by atoms with E-state index in [9.17, 15) is 5.11 Å². The molecule has 0 amide bonds. The van der Waals surface area contributed by atoms with Gasteiger partial charge in [0.05, 0.1) is 3.79 Å². The fraction of sp³-hybridized carbons (Fsp3) is 0.636. The number of thiophene rings is 1. The van der Waals surface area contributed by atoms with Crippen molar-refractivity contribution in [2.45, 2.75) is 32.1 Å². The summed E-state index contributed by atoms with van der Waals surface area (Å²) in [6, 6.07) is 4.27. The first kappa shape index (κ1) is 10.7. The standard InChI is InChI=1S/C11H15BrOS/c12-10-4-3-9(14-10)7-11(8-13)5-1-2-6-11/h3-4,13H,1-2,5-8H2. The molecule has 0 radical (unpaired) electrons. The second-order valence-electron chi connectivity index (χ2n) is 4.25. The molecule has 0 aromatic carbocycles. The lowest BCUT2D eigenvalue weighted by atomic mass is 9.83. The third-order valence-electron chi connectivity index (χ3n) is 3.18. The highest BCUT2D eigenvalue weighted by atomic mass is 79.9. The van der Waals surface area contributed by atoms with Crippen LogP contribution in [0, 0.1) is 5.41 Å². The van der Waals surface area contributed by atoms with Crippen molar-refractivity contribution < 1.29 is 5.11 Å². The molecule has 2 rings (SSSR count). The zero-order valence-electron chi connectivity index (χ0n) is 8.13. The maximum atomic E-state index is 9.48. The van der Waals surface area contributed by atoms with Crippen LogP contribution in [0.15, 0.2) is 15.9 Å². The Morgan fingerprint density at radius 1 is 1.36 bits per heavy atom. The van der Waals surface area contributed by atoms with Crippen molar-refractivity contribution in [1.82, 2.24) is 0 Å². The molecule has 0 unspecified atom stereocenters. The van der Waals surface area contributed by atoms with Gasteiger partial charge in [-0.2, -0.15) is 0 Å². The Bertz CT molecular complexity index is 302. The van der Waals surface area contributed by atoms with Crippen LogP contribution in [-0.4, -0.2) is 11.7 Å². The summed E-state index contributed by atoms with van der Waals surface area (Å²) in [4.78, 5) is 1.40. The molecule has 1 nitrogen and oxygen atoms in total. The summed E-state index contributed by atoms with van der Waals surface area (Å²) in [5, 5.41) is 9.48. The van der Waals surface area contributed by atoms with Crippen LogP contribution in [0.25, 0.3) is 0 Å². The van der Waals surface area contributed by atoms with E-state index in [0.29, 0.717) is 6.61 Å². The first-order chi connectivity index (χ1) is 6.74. The topological polar surface area (TPSA) is 20.2 Å². The summed E-state index contributed by atoms with van der Waals surface area (Å²) in [5.41, 5.74) is 0.199. The Hall–Kier alpha value is 0.140. The van der Waals surface area contributed by atoms with Gasteiger partial charge in [-0.25, -0.2) is 0 Å². The van der Waals surface area contributed by atoms with Crippen molar-refractivity contribution in [3.8, 4) is 0 Å². The largest absolute Gasteiger partial charge is 0.396 e. The zero-order valence-corrected chi connectivity index (χ0v) is 10.5. The maximum Gasteiger partial charge on any atom is 0.0701 e. The van der Waals surface area contributed by atoms with Crippen LogP contribution >= 0.6 is 27.3 Å². The van der Waals surface area contributed by atoms with E-state index in [1.54, 1.807) is 11.3 Å². The highest BCUT2D eigenvalue weighted by Crippen LogP contribution is 2.41. The van der Waals surface area contributed by atoms with Gasteiger partial charge >= 0.3 is 0 Å². The summed E-state index contributed by atoms with van der Waals surface area (Å²) in [6.07, 6.45) is 6.01. The van der Waals surface area contributed by atoms with E-state index < -0.39 is 0 Å². The Balaban J connectivity index is 2.08. The van der Waals surface area contributed by atoms with Crippen LogP contribution < -0.4 is 0 Å². The molecule has 1 aromatic heterocycles. The Kier molecular flexibility index (Phi) is 3.30. The molecule has 1 N–H and O–H groups in total. The second-order valence-corrected chi connectivity index (χ2v) is 6.80. The van der Waals surface area contributed by atoms with Crippen molar-refractivity contribution in [1.29, 1.82) is 0 Å². The van der Waals surface area contributed by atoms with Gasteiger partial charge in [0.1, 0.15) is 0 Å². The normalized spacial score (nSPS) is 20.1. The van der Waals surface area contributed by atoms with Crippen molar-refractivity contribution in [3.63, 3.8) is 0 Å². The molecular weight excluding hydrogens is 260 g/mol. The smallest absolute Gasteiger partial charge is 0.0701 e. The van der Waals surface area contributed by atoms with Crippen LogP contribution in [0.4, 0.5) is 0 Å². The predicted molar refractivity (Wildman–Crippen MR) is 63.7 cm³/mol. The van der Waals surface area contributed by atoms with Crippen molar-refractivity contribution >= 4 is 27.3 Å². The lowest BCUT2D eigenvalue weighted by Crippen LogP contribution is -2.23. The molecule has 0 aliphatic heterocycles. The molecule has 0 bridgehead atoms. The lowest BCUT2D eigenvalue weighted by Gasteiger charge is -2.25. The van der Waals surface area contributed by atoms with Crippen molar-refractivity contribution in [2.75, 3.05) is 6.61 Å². The molecule has 1 heterocycles. The number of aliphatic hydroxyl groups excluding tert-OH is 1. The van der Waals surface area contributed by atoms with E-state index in [1.807, 2.05) is 0 Å². The first-order valence-electron chi connectivity index (χ1n) is 5.09. The number of halogens is 1. The minimum Gasteiger partial charge on any atom is -0.396 e. The van der Waals surface area contributed by atoms with Crippen LogP contribution in [0.3, 0.4) is 0 Å². The van der Waals surface area contributed by atoms with E-state index in [-0.39, 0.29) is 5.41 Å². The Morgan fingerprint density at radius 2 is 2.07 bits per heavy atom. The van der Waals surface area contributed by atoms with Gasteiger partial charge in [-0.3, -0.25) is 0 Å². The highest BCUT2D eigenvalue weighted by molar-refractivity contribution is 9.11. The molecule has 3 heteroatoms. The monoisotopic (exact) mass is 274 g/mol. The van der Waals surface area contributed by atoms with Crippen LogP contribution in [0.5, 0.6) is 0 Å². The summed E-state index contributed by atoms with van der Waals surface area (Å²) in [7, 11) is 0. The predicted octanol–water partition coefficient (Wildman–Crippen LogP) is 3.61.